The van der Waals surface area contributed by atoms with E-state index in [4.69, 9.17) is 0 Å². The second-order valence-electron chi connectivity index (χ2n) is 5.31. The van der Waals surface area contributed by atoms with Crippen LogP contribution in [0.15, 0.2) is 36.4 Å². The zero-order valence-corrected chi connectivity index (χ0v) is 10.2. The van der Waals surface area contributed by atoms with Gasteiger partial charge in [-0.05, 0) is 24.8 Å². The van der Waals surface area contributed by atoms with Gasteiger partial charge in [0.2, 0.25) is 0 Å². The first-order valence-electron chi connectivity index (χ1n) is 6.56. The number of benzene rings is 1. The van der Waals surface area contributed by atoms with Crippen LogP contribution in [0.2, 0.25) is 0 Å². The molecule has 0 saturated carbocycles. The van der Waals surface area contributed by atoms with E-state index in [1.807, 2.05) is 0 Å². The molecule has 0 radical (unpaired) electrons. The van der Waals surface area contributed by atoms with E-state index in [1.54, 1.807) is 0 Å². The lowest BCUT2D eigenvalue weighted by atomic mass is 9.93. The van der Waals surface area contributed by atoms with Gasteiger partial charge < -0.3 is 10.6 Å². The van der Waals surface area contributed by atoms with E-state index in [0.29, 0.717) is 11.6 Å². The van der Waals surface area contributed by atoms with Crippen molar-refractivity contribution < 1.29 is 0 Å². The normalized spacial score (nSPS) is 32.1. The molecule has 3 rings (SSSR count). The number of nitrogens with one attached hydrogen (secondary N) is 2. The lowest BCUT2D eigenvalue weighted by molar-refractivity contribution is 0.297. The number of hydrogen-bond acceptors (Lipinski definition) is 2. The van der Waals surface area contributed by atoms with Crippen LogP contribution in [0, 0.1) is 0 Å². The lowest BCUT2D eigenvalue weighted by Crippen LogP contribution is -2.57. The molecule has 2 atom stereocenters. The standard InChI is InChI=1S/C15H20N2/c1-2-5-13(6-3-1)7-4-9-15-10-8-14(17-15)11-16-12-15/h1-7,14,16-17H,8-12H2. The van der Waals surface area contributed by atoms with Crippen LogP contribution >= 0.6 is 0 Å². The minimum absolute atomic E-state index is 0.328. The first-order chi connectivity index (χ1) is 8.36. The van der Waals surface area contributed by atoms with Gasteiger partial charge in [0.1, 0.15) is 0 Å². The van der Waals surface area contributed by atoms with Crippen LogP contribution in [0.5, 0.6) is 0 Å². The molecule has 0 aromatic heterocycles. The van der Waals surface area contributed by atoms with Crippen molar-refractivity contribution in [1.29, 1.82) is 0 Å². The van der Waals surface area contributed by atoms with Crippen LogP contribution in [0.4, 0.5) is 0 Å². The molecule has 1 aromatic rings. The van der Waals surface area contributed by atoms with Crippen LogP contribution in [0.25, 0.3) is 6.08 Å². The van der Waals surface area contributed by atoms with Gasteiger partial charge in [-0.15, -0.1) is 0 Å². The molecule has 0 spiro atoms. The van der Waals surface area contributed by atoms with E-state index < -0.39 is 0 Å². The van der Waals surface area contributed by atoms with E-state index in [2.05, 4.69) is 53.1 Å². The Morgan fingerprint density at radius 3 is 3.06 bits per heavy atom. The molecule has 2 saturated heterocycles. The van der Waals surface area contributed by atoms with Gasteiger partial charge in [-0.2, -0.15) is 0 Å². The van der Waals surface area contributed by atoms with Crippen molar-refractivity contribution in [2.75, 3.05) is 13.1 Å². The molecule has 2 bridgehead atoms. The van der Waals surface area contributed by atoms with E-state index in [9.17, 15) is 0 Å². The fourth-order valence-corrected chi connectivity index (χ4v) is 3.02. The molecule has 2 N–H and O–H groups in total. The van der Waals surface area contributed by atoms with E-state index >= 15 is 0 Å². The minimum atomic E-state index is 0.328. The molecule has 17 heavy (non-hydrogen) atoms. The topological polar surface area (TPSA) is 24.1 Å². The highest BCUT2D eigenvalue weighted by Crippen LogP contribution is 2.29. The fourth-order valence-electron chi connectivity index (χ4n) is 3.02. The average molecular weight is 228 g/mol. The molecule has 1 aromatic carbocycles. The number of piperazine rings is 1. The van der Waals surface area contributed by atoms with Crippen molar-refractivity contribution in [2.24, 2.45) is 0 Å². The highest BCUT2D eigenvalue weighted by Gasteiger charge is 2.40. The molecular weight excluding hydrogens is 208 g/mol. The Morgan fingerprint density at radius 1 is 1.29 bits per heavy atom. The Morgan fingerprint density at radius 2 is 2.18 bits per heavy atom. The molecule has 90 valence electrons. The van der Waals surface area contributed by atoms with Gasteiger partial charge in [0.15, 0.2) is 0 Å². The zero-order valence-electron chi connectivity index (χ0n) is 10.2. The van der Waals surface area contributed by atoms with Crippen molar-refractivity contribution in [3.63, 3.8) is 0 Å². The van der Waals surface area contributed by atoms with Gasteiger partial charge in [-0.3, -0.25) is 0 Å². The Bertz CT molecular complexity index is 395. The first kappa shape index (κ1) is 11.0. The molecule has 2 heteroatoms. The smallest absolute Gasteiger partial charge is 0.0344 e. The average Bonchev–Trinajstić information content (AvgIpc) is 2.66. The van der Waals surface area contributed by atoms with Gasteiger partial charge >= 0.3 is 0 Å². The molecule has 2 nitrogen and oxygen atoms in total. The second-order valence-corrected chi connectivity index (χ2v) is 5.31. The third-order valence-corrected chi connectivity index (χ3v) is 3.95. The summed E-state index contributed by atoms with van der Waals surface area (Å²) >= 11 is 0. The maximum absolute atomic E-state index is 3.78. The Balaban J connectivity index is 1.62. The Hall–Kier alpha value is -1.12. The van der Waals surface area contributed by atoms with Crippen molar-refractivity contribution in [3.8, 4) is 0 Å². The highest BCUT2D eigenvalue weighted by molar-refractivity contribution is 5.48. The number of hydrogen-bond donors (Lipinski definition) is 2. The quantitative estimate of drug-likeness (QED) is 0.828. The summed E-state index contributed by atoms with van der Waals surface area (Å²) < 4.78 is 0. The summed E-state index contributed by atoms with van der Waals surface area (Å²) in [5.74, 6) is 0. The van der Waals surface area contributed by atoms with Crippen LogP contribution in [0.3, 0.4) is 0 Å². The van der Waals surface area contributed by atoms with Crippen molar-refractivity contribution in [2.45, 2.75) is 30.8 Å². The van der Waals surface area contributed by atoms with Crippen LogP contribution in [-0.2, 0) is 0 Å². The minimum Gasteiger partial charge on any atom is -0.313 e. The second kappa shape index (κ2) is 4.63. The summed E-state index contributed by atoms with van der Waals surface area (Å²) in [7, 11) is 0. The van der Waals surface area contributed by atoms with Gasteiger partial charge in [-0.1, -0.05) is 42.5 Å². The van der Waals surface area contributed by atoms with E-state index in [-0.39, 0.29) is 0 Å². The summed E-state index contributed by atoms with van der Waals surface area (Å²) in [6.07, 6.45) is 8.32. The van der Waals surface area contributed by atoms with E-state index in [1.165, 1.54) is 18.4 Å². The van der Waals surface area contributed by atoms with Crippen LogP contribution in [-0.4, -0.2) is 24.7 Å². The van der Waals surface area contributed by atoms with Gasteiger partial charge in [0.25, 0.3) is 0 Å². The summed E-state index contributed by atoms with van der Waals surface area (Å²) in [6, 6.07) is 11.2. The van der Waals surface area contributed by atoms with Crippen molar-refractivity contribution >= 4 is 6.08 Å². The molecular formula is C15H20N2. The largest absolute Gasteiger partial charge is 0.313 e. The molecule has 2 aliphatic rings. The predicted octanol–water partition coefficient (Wildman–Crippen LogP) is 2.18. The summed E-state index contributed by atoms with van der Waals surface area (Å²) in [6.45, 7) is 2.26. The molecule has 2 unspecified atom stereocenters. The molecule has 2 fully saturated rings. The van der Waals surface area contributed by atoms with Gasteiger partial charge in [0.05, 0.1) is 0 Å². The maximum Gasteiger partial charge on any atom is 0.0344 e. The molecule has 2 aliphatic heterocycles. The van der Waals surface area contributed by atoms with Crippen molar-refractivity contribution in [3.05, 3.63) is 42.0 Å². The summed E-state index contributed by atoms with van der Waals surface area (Å²) in [4.78, 5) is 0. The van der Waals surface area contributed by atoms with Crippen LogP contribution in [0.1, 0.15) is 24.8 Å². The first-order valence-corrected chi connectivity index (χ1v) is 6.56. The van der Waals surface area contributed by atoms with Gasteiger partial charge in [-0.25, -0.2) is 0 Å². The third kappa shape index (κ3) is 2.43. The van der Waals surface area contributed by atoms with E-state index in [0.717, 1.165) is 19.5 Å². The zero-order chi connectivity index (χ0) is 11.6. The summed E-state index contributed by atoms with van der Waals surface area (Å²) in [5, 5.41) is 7.32. The van der Waals surface area contributed by atoms with Crippen molar-refractivity contribution in [1.82, 2.24) is 10.6 Å². The summed E-state index contributed by atoms with van der Waals surface area (Å²) in [5.41, 5.74) is 1.62. The van der Waals surface area contributed by atoms with Crippen LogP contribution < -0.4 is 10.6 Å². The molecule has 0 amide bonds. The predicted molar refractivity (Wildman–Crippen MR) is 71.9 cm³/mol. The Labute approximate surface area is 103 Å². The molecule has 2 heterocycles. The Kier molecular flexibility index (Phi) is 3.00. The SMILES string of the molecule is C(=Cc1ccccc1)CC12CCC(CNC1)N2. The highest BCUT2D eigenvalue weighted by atomic mass is 15.2. The molecule has 0 aliphatic carbocycles. The maximum atomic E-state index is 3.78. The number of fused-ring (bicyclic) bond motifs is 2. The lowest BCUT2D eigenvalue weighted by Gasteiger charge is -2.34. The number of rotatable bonds is 3. The van der Waals surface area contributed by atoms with Gasteiger partial charge in [0, 0.05) is 24.7 Å². The monoisotopic (exact) mass is 228 g/mol. The fraction of sp³-hybridized carbons (Fsp3) is 0.467. The third-order valence-electron chi connectivity index (χ3n) is 3.95.